The first-order valence-corrected chi connectivity index (χ1v) is 12.6. The molecule has 0 atom stereocenters. The number of nitrogens with one attached hydrogen (secondary N) is 1. The minimum absolute atomic E-state index is 0.138. The number of thiazole rings is 1. The lowest BCUT2D eigenvalue weighted by atomic mass is 10.2. The number of rotatable bonds is 6. The van der Waals surface area contributed by atoms with Crippen LogP contribution in [-0.4, -0.2) is 30.2 Å². The van der Waals surface area contributed by atoms with Crippen molar-refractivity contribution in [3.8, 4) is 16.3 Å². The molecular formula is C28H22N6O2S. The van der Waals surface area contributed by atoms with E-state index in [1.807, 2.05) is 60.7 Å². The molecule has 6 aromatic rings. The zero-order valence-electron chi connectivity index (χ0n) is 20.0. The second kappa shape index (κ2) is 9.44. The molecule has 0 saturated heterocycles. The van der Waals surface area contributed by atoms with Gasteiger partial charge >= 0.3 is 0 Å². The van der Waals surface area contributed by atoms with Crippen molar-refractivity contribution in [1.29, 1.82) is 0 Å². The average molecular weight is 507 g/mol. The van der Waals surface area contributed by atoms with E-state index in [4.69, 9.17) is 4.98 Å². The summed E-state index contributed by atoms with van der Waals surface area (Å²) in [4.78, 5) is 34.7. The molecule has 0 saturated carbocycles. The number of hydrogen-bond donors (Lipinski definition) is 1. The van der Waals surface area contributed by atoms with Gasteiger partial charge in [-0.25, -0.2) is 14.6 Å². The third kappa shape index (κ3) is 4.52. The molecule has 0 fully saturated rings. The molecule has 0 aliphatic heterocycles. The van der Waals surface area contributed by atoms with Crippen molar-refractivity contribution >= 4 is 44.2 Å². The Balaban J connectivity index is 1.12. The fourth-order valence-corrected chi connectivity index (χ4v) is 5.23. The molecule has 0 aliphatic carbocycles. The fourth-order valence-electron chi connectivity index (χ4n) is 4.16. The Morgan fingerprint density at radius 2 is 1.84 bits per heavy atom. The highest BCUT2D eigenvalue weighted by molar-refractivity contribution is 7.21. The maximum atomic E-state index is 12.9. The number of para-hydroxylation sites is 1. The number of carbonyl (C=O) groups is 1. The summed E-state index contributed by atoms with van der Waals surface area (Å²) in [7, 11) is 0. The lowest BCUT2D eigenvalue weighted by molar-refractivity contribution is -0.116. The first-order chi connectivity index (χ1) is 18.0. The van der Waals surface area contributed by atoms with Gasteiger partial charge in [-0.05, 0) is 61.0 Å². The summed E-state index contributed by atoms with van der Waals surface area (Å²) in [5.74, 6) is -0.185. The minimum Gasteiger partial charge on any atom is -0.326 e. The van der Waals surface area contributed by atoms with E-state index in [-0.39, 0.29) is 24.4 Å². The molecule has 0 bridgehead atoms. The van der Waals surface area contributed by atoms with E-state index >= 15 is 0 Å². The highest BCUT2D eigenvalue weighted by Gasteiger charge is 2.13. The van der Waals surface area contributed by atoms with Gasteiger partial charge in [0.2, 0.25) is 5.91 Å². The van der Waals surface area contributed by atoms with Gasteiger partial charge < -0.3 is 5.32 Å². The van der Waals surface area contributed by atoms with Crippen LogP contribution < -0.4 is 10.9 Å². The number of nitrogens with zero attached hydrogens (tertiary/aromatic N) is 5. The molecule has 3 heterocycles. The van der Waals surface area contributed by atoms with Crippen molar-refractivity contribution in [3.63, 3.8) is 0 Å². The number of carbonyl (C=O) groups excluding carboxylic acids is 1. The highest BCUT2D eigenvalue weighted by Crippen LogP contribution is 2.31. The maximum Gasteiger partial charge on any atom is 0.264 e. The van der Waals surface area contributed by atoms with Crippen molar-refractivity contribution in [3.05, 3.63) is 101 Å². The standard InChI is InChI=1S/C28H22N6O2S/c1-18-7-12-23-24(15-18)37-27(32-23)19-8-10-20(11-9-19)31-25(35)13-14-33-17-29-26-22(28(33)36)16-30-34(26)21-5-3-2-4-6-21/h2-12,15-17H,13-14H2,1H3,(H,31,35). The molecule has 182 valence electrons. The Bertz CT molecular complexity index is 1800. The van der Waals surface area contributed by atoms with E-state index in [2.05, 4.69) is 34.5 Å². The lowest BCUT2D eigenvalue weighted by Crippen LogP contribution is -2.23. The van der Waals surface area contributed by atoms with Crippen LogP contribution >= 0.6 is 11.3 Å². The quantitative estimate of drug-likeness (QED) is 0.335. The van der Waals surface area contributed by atoms with Crippen LogP contribution in [0, 0.1) is 6.92 Å². The topological polar surface area (TPSA) is 94.7 Å². The number of hydrogen-bond acceptors (Lipinski definition) is 6. The van der Waals surface area contributed by atoms with Crippen molar-refractivity contribution in [1.82, 2.24) is 24.3 Å². The van der Waals surface area contributed by atoms with Crippen molar-refractivity contribution < 1.29 is 4.79 Å². The fraction of sp³-hybridized carbons (Fsp3) is 0.107. The highest BCUT2D eigenvalue weighted by atomic mass is 32.1. The van der Waals surface area contributed by atoms with Crippen LogP contribution in [-0.2, 0) is 11.3 Å². The number of aryl methyl sites for hydroxylation is 2. The van der Waals surface area contributed by atoms with E-state index in [1.165, 1.54) is 22.7 Å². The Hall–Kier alpha value is -4.63. The summed E-state index contributed by atoms with van der Waals surface area (Å²) in [5, 5.41) is 8.57. The average Bonchev–Trinajstić information content (AvgIpc) is 3.54. The van der Waals surface area contributed by atoms with Crippen LogP contribution in [0.15, 0.2) is 90.1 Å². The molecule has 0 spiro atoms. The van der Waals surface area contributed by atoms with Gasteiger partial charge in [-0.1, -0.05) is 24.3 Å². The van der Waals surface area contributed by atoms with Crippen molar-refractivity contribution in [2.75, 3.05) is 5.32 Å². The van der Waals surface area contributed by atoms with Crippen LogP contribution in [0.1, 0.15) is 12.0 Å². The van der Waals surface area contributed by atoms with Gasteiger partial charge in [-0.3, -0.25) is 14.2 Å². The Morgan fingerprint density at radius 1 is 1.03 bits per heavy atom. The Morgan fingerprint density at radius 3 is 2.65 bits per heavy atom. The Kier molecular flexibility index (Phi) is 5.82. The molecule has 6 rings (SSSR count). The minimum atomic E-state index is -0.227. The van der Waals surface area contributed by atoms with E-state index in [9.17, 15) is 9.59 Å². The van der Waals surface area contributed by atoms with E-state index in [0.29, 0.717) is 16.7 Å². The van der Waals surface area contributed by atoms with Crippen LogP contribution in [0.25, 0.3) is 37.5 Å². The van der Waals surface area contributed by atoms with Crippen LogP contribution in [0.5, 0.6) is 0 Å². The van der Waals surface area contributed by atoms with Gasteiger partial charge in [0.15, 0.2) is 5.65 Å². The first kappa shape index (κ1) is 22.8. The summed E-state index contributed by atoms with van der Waals surface area (Å²) in [6.07, 6.45) is 3.12. The largest absolute Gasteiger partial charge is 0.326 e. The summed E-state index contributed by atoms with van der Waals surface area (Å²) < 4.78 is 4.23. The number of fused-ring (bicyclic) bond motifs is 2. The third-order valence-electron chi connectivity index (χ3n) is 6.09. The summed E-state index contributed by atoms with van der Waals surface area (Å²) in [6, 6.07) is 23.4. The van der Waals surface area contributed by atoms with Gasteiger partial charge in [0.25, 0.3) is 5.56 Å². The van der Waals surface area contributed by atoms with Crippen LogP contribution in [0.3, 0.4) is 0 Å². The predicted molar refractivity (Wildman–Crippen MR) is 146 cm³/mol. The molecule has 0 unspecified atom stereocenters. The number of amides is 1. The van der Waals surface area contributed by atoms with Gasteiger partial charge in [-0.15, -0.1) is 11.3 Å². The normalized spacial score (nSPS) is 11.3. The van der Waals surface area contributed by atoms with E-state index in [1.54, 1.807) is 16.0 Å². The summed E-state index contributed by atoms with van der Waals surface area (Å²) in [5.41, 5.74) is 4.97. The smallest absolute Gasteiger partial charge is 0.264 e. The third-order valence-corrected chi connectivity index (χ3v) is 7.16. The first-order valence-electron chi connectivity index (χ1n) is 11.8. The van der Waals surface area contributed by atoms with Crippen molar-refractivity contribution in [2.24, 2.45) is 0 Å². The SMILES string of the molecule is Cc1ccc2nc(-c3ccc(NC(=O)CCn4cnc5c(cnn5-c5ccccc5)c4=O)cc3)sc2c1. The molecular weight excluding hydrogens is 484 g/mol. The second-order valence-corrected chi connectivity index (χ2v) is 9.77. The van der Waals surface area contributed by atoms with Crippen LogP contribution in [0.4, 0.5) is 5.69 Å². The zero-order chi connectivity index (χ0) is 25.4. The molecule has 1 N–H and O–H groups in total. The molecule has 9 heteroatoms. The molecule has 8 nitrogen and oxygen atoms in total. The Labute approximate surface area is 215 Å². The molecule has 3 aromatic carbocycles. The van der Waals surface area contributed by atoms with Gasteiger partial charge in [-0.2, -0.15) is 5.10 Å². The molecule has 0 aliphatic rings. The number of benzene rings is 3. The molecule has 0 radical (unpaired) electrons. The monoisotopic (exact) mass is 506 g/mol. The summed E-state index contributed by atoms with van der Waals surface area (Å²) >= 11 is 1.65. The molecule has 3 aromatic heterocycles. The summed E-state index contributed by atoms with van der Waals surface area (Å²) in [6.45, 7) is 2.29. The molecule has 1 amide bonds. The predicted octanol–water partition coefficient (Wildman–Crippen LogP) is 5.20. The van der Waals surface area contributed by atoms with Gasteiger partial charge in [0.05, 0.1) is 28.4 Å². The maximum absolute atomic E-state index is 12.9. The zero-order valence-corrected chi connectivity index (χ0v) is 20.8. The van der Waals surface area contributed by atoms with E-state index < -0.39 is 0 Å². The van der Waals surface area contributed by atoms with Gasteiger partial charge in [0, 0.05) is 24.2 Å². The van der Waals surface area contributed by atoms with Gasteiger partial charge in [0.1, 0.15) is 10.4 Å². The number of anilines is 1. The van der Waals surface area contributed by atoms with E-state index in [0.717, 1.165) is 26.5 Å². The lowest BCUT2D eigenvalue weighted by Gasteiger charge is -2.08. The second-order valence-electron chi connectivity index (χ2n) is 8.74. The van der Waals surface area contributed by atoms with Crippen LogP contribution in [0.2, 0.25) is 0 Å². The number of aromatic nitrogens is 5. The molecule has 37 heavy (non-hydrogen) atoms. The van der Waals surface area contributed by atoms with Crippen molar-refractivity contribution in [2.45, 2.75) is 19.9 Å².